The Morgan fingerprint density at radius 2 is 1.88 bits per heavy atom. The topological polar surface area (TPSA) is 35.5 Å². The van der Waals surface area contributed by atoms with Crippen LogP contribution in [0.25, 0.3) is 6.08 Å². The number of benzene rings is 2. The number of methoxy groups -OCH3 is 1. The van der Waals surface area contributed by atoms with Crippen molar-refractivity contribution in [2.24, 2.45) is 0 Å². The monoisotopic (exact) mass is 330 g/mol. The van der Waals surface area contributed by atoms with Crippen molar-refractivity contribution in [2.45, 2.75) is 19.5 Å². The van der Waals surface area contributed by atoms with E-state index in [1.807, 2.05) is 24.3 Å². The van der Waals surface area contributed by atoms with Crippen LogP contribution < -0.4 is 9.47 Å². The maximum atomic E-state index is 12.6. The number of fused-ring (bicyclic) bond motifs is 1. The molecule has 3 rings (SSSR count). The number of alkyl halides is 2. The van der Waals surface area contributed by atoms with Crippen molar-refractivity contribution >= 4 is 11.9 Å². The average Bonchev–Trinajstić information content (AvgIpc) is 2.57. The quantitative estimate of drug-likeness (QED) is 0.774. The molecule has 5 heteroatoms. The highest BCUT2D eigenvalue weighted by Crippen LogP contribution is 2.32. The van der Waals surface area contributed by atoms with E-state index >= 15 is 0 Å². The molecule has 24 heavy (non-hydrogen) atoms. The summed E-state index contributed by atoms with van der Waals surface area (Å²) in [6, 6.07) is 12.2. The van der Waals surface area contributed by atoms with Crippen LogP contribution in [0, 0.1) is 0 Å². The number of carbonyl (C=O) groups excluding carboxylic acids is 1. The van der Waals surface area contributed by atoms with Crippen molar-refractivity contribution in [1.29, 1.82) is 0 Å². The van der Waals surface area contributed by atoms with Gasteiger partial charge in [-0.1, -0.05) is 30.3 Å². The average molecular weight is 330 g/mol. The minimum atomic E-state index is -2.94. The Balaban J connectivity index is 1.93. The first-order valence-corrected chi connectivity index (χ1v) is 7.54. The van der Waals surface area contributed by atoms with E-state index in [2.05, 4.69) is 4.74 Å². The van der Waals surface area contributed by atoms with Crippen molar-refractivity contribution < 1.29 is 23.0 Å². The third-order valence-electron chi connectivity index (χ3n) is 3.96. The fourth-order valence-electron chi connectivity index (χ4n) is 2.83. The molecule has 0 aliphatic heterocycles. The second-order valence-electron chi connectivity index (χ2n) is 5.44. The number of rotatable bonds is 4. The Kier molecular flexibility index (Phi) is 4.60. The summed E-state index contributed by atoms with van der Waals surface area (Å²) < 4.78 is 34.5. The molecule has 0 saturated carbocycles. The lowest BCUT2D eigenvalue weighted by Crippen LogP contribution is -2.13. The van der Waals surface area contributed by atoms with Gasteiger partial charge in [0.05, 0.1) is 7.11 Å². The van der Waals surface area contributed by atoms with Gasteiger partial charge in [-0.15, -0.1) is 0 Å². The molecule has 124 valence electrons. The second-order valence-corrected chi connectivity index (χ2v) is 5.44. The van der Waals surface area contributed by atoms with E-state index in [1.54, 1.807) is 18.2 Å². The molecule has 0 saturated heterocycles. The van der Waals surface area contributed by atoms with E-state index in [1.165, 1.54) is 13.2 Å². The van der Waals surface area contributed by atoms with Gasteiger partial charge < -0.3 is 9.47 Å². The predicted octanol–water partition coefficient (Wildman–Crippen LogP) is 4.51. The number of ether oxygens (including phenoxy) is 2. The molecular formula is C19H16F2O3. The first-order chi connectivity index (χ1) is 11.6. The van der Waals surface area contributed by atoms with Crippen molar-refractivity contribution in [3.63, 3.8) is 0 Å². The molecule has 0 N–H and O–H groups in total. The van der Waals surface area contributed by atoms with Crippen molar-refractivity contribution in [1.82, 2.24) is 0 Å². The molecule has 1 aliphatic rings. The number of allylic oxidation sites excluding steroid dienone is 1. The van der Waals surface area contributed by atoms with Crippen LogP contribution in [0.4, 0.5) is 8.78 Å². The lowest BCUT2D eigenvalue weighted by Gasteiger charge is -2.17. The van der Waals surface area contributed by atoms with Crippen LogP contribution in [0.3, 0.4) is 0 Å². The van der Waals surface area contributed by atoms with Gasteiger partial charge in [0.1, 0.15) is 0 Å². The maximum absolute atomic E-state index is 12.6. The van der Waals surface area contributed by atoms with Crippen LogP contribution in [-0.2, 0) is 6.42 Å². The Labute approximate surface area is 138 Å². The number of carbonyl (C=O) groups is 1. The fourth-order valence-corrected chi connectivity index (χ4v) is 2.83. The highest BCUT2D eigenvalue weighted by atomic mass is 19.3. The molecule has 2 aromatic rings. The highest BCUT2D eigenvalue weighted by Gasteiger charge is 2.21. The Morgan fingerprint density at radius 1 is 1.08 bits per heavy atom. The van der Waals surface area contributed by atoms with Crippen molar-refractivity contribution in [2.75, 3.05) is 7.11 Å². The van der Waals surface area contributed by atoms with Crippen molar-refractivity contribution in [3.05, 3.63) is 64.7 Å². The largest absolute Gasteiger partial charge is 0.493 e. The summed E-state index contributed by atoms with van der Waals surface area (Å²) in [6.45, 7) is -2.94. The smallest absolute Gasteiger partial charge is 0.387 e. The van der Waals surface area contributed by atoms with Crippen LogP contribution in [0.1, 0.15) is 27.9 Å². The molecule has 0 fully saturated rings. The highest BCUT2D eigenvalue weighted by molar-refractivity contribution is 6.13. The Bertz CT molecular complexity index is 797. The molecule has 3 nitrogen and oxygen atoms in total. The number of hydrogen-bond acceptors (Lipinski definition) is 3. The lowest BCUT2D eigenvalue weighted by atomic mass is 9.86. The summed E-state index contributed by atoms with van der Waals surface area (Å²) in [5, 5.41) is 0. The predicted molar refractivity (Wildman–Crippen MR) is 86.7 cm³/mol. The zero-order chi connectivity index (χ0) is 17.1. The molecule has 0 spiro atoms. The SMILES string of the molecule is COc1ccc(/C=C2\CCc3ccccc3C2=O)cc1OC(F)F. The standard InChI is InChI=1S/C19H16F2O3/c1-23-16-9-6-12(11-17(16)24-19(20)21)10-14-8-7-13-4-2-3-5-15(13)18(14)22/h2-6,9-11,19H,7-8H2,1H3/b14-10+. The van der Waals surface area contributed by atoms with E-state index in [-0.39, 0.29) is 17.3 Å². The van der Waals surface area contributed by atoms with Gasteiger partial charge >= 0.3 is 6.61 Å². The molecule has 0 bridgehead atoms. The van der Waals surface area contributed by atoms with Crippen LogP contribution >= 0.6 is 0 Å². The zero-order valence-corrected chi connectivity index (χ0v) is 13.1. The molecule has 0 aromatic heterocycles. The number of hydrogen-bond donors (Lipinski definition) is 0. The number of Topliss-reactive ketones (excluding diaryl/α,β-unsaturated/α-hetero) is 1. The van der Waals surface area contributed by atoms with Gasteiger partial charge in [0.15, 0.2) is 17.3 Å². The van der Waals surface area contributed by atoms with Gasteiger partial charge in [-0.3, -0.25) is 4.79 Å². The third kappa shape index (κ3) is 3.30. The first-order valence-electron chi connectivity index (χ1n) is 7.54. The molecule has 0 radical (unpaired) electrons. The summed E-state index contributed by atoms with van der Waals surface area (Å²) in [5.74, 6) is 0.146. The summed E-state index contributed by atoms with van der Waals surface area (Å²) in [4.78, 5) is 12.6. The number of ketones is 1. The van der Waals surface area contributed by atoms with Gasteiger partial charge in [0.2, 0.25) is 0 Å². The maximum Gasteiger partial charge on any atom is 0.387 e. The van der Waals surface area contributed by atoms with Gasteiger partial charge in [-0.05, 0) is 42.2 Å². The van der Waals surface area contributed by atoms with Crippen LogP contribution in [-0.4, -0.2) is 19.5 Å². The number of halogens is 2. The molecule has 0 unspecified atom stereocenters. The molecular weight excluding hydrogens is 314 g/mol. The minimum absolute atomic E-state index is 0.0241. The van der Waals surface area contributed by atoms with Gasteiger partial charge in [0.25, 0.3) is 0 Å². The molecule has 2 aromatic carbocycles. The summed E-state index contributed by atoms with van der Waals surface area (Å²) in [5.41, 5.74) is 3.01. The van der Waals surface area contributed by atoms with E-state index in [9.17, 15) is 13.6 Å². The summed E-state index contributed by atoms with van der Waals surface area (Å²) in [7, 11) is 1.38. The minimum Gasteiger partial charge on any atom is -0.493 e. The van der Waals surface area contributed by atoms with E-state index in [0.717, 1.165) is 12.0 Å². The van der Waals surface area contributed by atoms with Gasteiger partial charge in [0, 0.05) is 11.1 Å². The molecule has 0 atom stereocenters. The Hall–Kier alpha value is -2.69. The Morgan fingerprint density at radius 3 is 2.62 bits per heavy atom. The van der Waals surface area contributed by atoms with Crippen LogP contribution in [0.5, 0.6) is 11.5 Å². The van der Waals surface area contributed by atoms with Gasteiger partial charge in [-0.25, -0.2) is 0 Å². The lowest BCUT2D eigenvalue weighted by molar-refractivity contribution is -0.0512. The van der Waals surface area contributed by atoms with Crippen molar-refractivity contribution in [3.8, 4) is 11.5 Å². The molecule has 0 amide bonds. The van der Waals surface area contributed by atoms with E-state index in [0.29, 0.717) is 23.1 Å². The van der Waals surface area contributed by atoms with Gasteiger partial charge in [-0.2, -0.15) is 8.78 Å². The van der Waals surface area contributed by atoms with Crippen LogP contribution in [0.15, 0.2) is 48.0 Å². The van der Waals surface area contributed by atoms with E-state index < -0.39 is 6.61 Å². The number of aryl methyl sites for hydroxylation is 1. The van der Waals surface area contributed by atoms with Crippen LogP contribution in [0.2, 0.25) is 0 Å². The summed E-state index contributed by atoms with van der Waals surface area (Å²) in [6.07, 6.45) is 3.12. The normalized spacial score (nSPS) is 15.5. The second kappa shape index (κ2) is 6.83. The van der Waals surface area contributed by atoms with E-state index in [4.69, 9.17) is 4.74 Å². The fraction of sp³-hybridized carbons (Fsp3) is 0.211. The first kappa shape index (κ1) is 16.2. The third-order valence-corrected chi connectivity index (χ3v) is 3.96. The summed E-state index contributed by atoms with van der Waals surface area (Å²) >= 11 is 0. The molecule has 1 aliphatic carbocycles. The zero-order valence-electron chi connectivity index (χ0n) is 13.1. The molecule has 0 heterocycles.